The summed E-state index contributed by atoms with van der Waals surface area (Å²) in [6.45, 7) is 4.39. The molecule has 0 amide bonds. The Bertz CT molecular complexity index is 1170. The van der Waals surface area contributed by atoms with E-state index < -0.39 is 11.6 Å². The lowest BCUT2D eigenvalue weighted by molar-refractivity contribution is 0.577. The van der Waals surface area contributed by atoms with E-state index in [1.54, 1.807) is 0 Å². The number of aryl methyl sites for hydroxylation is 2. The van der Waals surface area contributed by atoms with Crippen LogP contribution in [0.1, 0.15) is 92.2 Å². The molecule has 3 aromatic carbocycles. The molecule has 0 heterocycles. The molecular weight excluding hydrogens is 434 g/mol. The van der Waals surface area contributed by atoms with Gasteiger partial charge >= 0.3 is 0 Å². The molecule has 3 rings (SSSR count). The first-order chi connectivity index (χ1) is 17.1. The van der Waals surface area contributed by atoms with Crippen molar-refractivity contribution in [2.45, 2.75) is 71.6 Å². The summed E-state index contributed by atoms with van der Waals surface area (Å²) in [7, 11) is 0. The highest BCUT2D eigenvalue weighted by Gasteiger charge is 2.08. The highest BCUT2D eigenvalue weighted by Crippen LogP contribution is 2.15. The Hall–Kier alpha value is -3.36. The number of unbranched alkanes of at least 4 members (excludes halogenated alkanes) is 5. The molecule has 0 bridgehead atoms. The van der Waals surface area contributed by atoms with Crippen LogP contribution in [0, 0.1) is 35.3 Å². The highest BCUT2D eigenvalue weighted by molar-refractivity contribution is 5.49. The van der Waals surface area contributed by atoms with E-state index in [2.05, 4.69) is 49.7 Å². The Morgan fingerprint density at radius 2 is 0.971 bits per heavy atom. The molecule has 0 radical (unpaired) electrons. The molecule has 2 heteroatoms. The van der Waals surface area contributed by atoms with Gasteiger partial charge in [0.2, 0.25) is 0 Å². The number of benzene rings is 3. The van der Waals surface area contributed by atoms with Crippen LogP contribution in [0.3, 0.4) is 0 Å². The van der Waals surface area contributed by atoms with Crippen molar-refractivity contribution in [2.24, 2.45) is 0 Å². The maximum Gasteiger partial charge on any atom is 0.143 e. The minimum Gasteiger partial charge on any atom is -0.205 e. The highest BCUT2D eigenvalue weighted by atomic mass is 19.1. The van der Waals surface area contributed by atoms with Crippen molar-refractivity contribution < 1.29 is 8.78 Å². The average molecular weight is 469 g/mol. The van der Waals surface area contributed by atoms with Gasteiger partial charge in [0.25, 0.3) is 0 Å². The minimum absolute atomic E-state index is 0.226. The second-order valence-corrected chi connectivity index (χ2v) is 8.98. The predicted octanol–water partition coefficient (Wildman–Crippen LogP) is 8.62. The molecule has 0 spiro atoms. The SMILES string of the molecule is CCCCCCCc1ccc(C#Cc2c(F)cc(C#Cc3ccc(CCCC)cc3)cc2F)cc1. The maximum absolute atomic E-state index is 14.6. The zero-order valence-electron chi connectivity index (χ0n) is 20.9. The Labute approximate surface area is 209 Å². The van der Waals surface area contributed by atoms with E-state index in [4.69, 9.17) is 0 Å². The fourth-order valence-corrected chi connectivity index (χ4v) is 3.87. The molecule has 0 N–H and O–H groups in total. The Balaban J connectivity index is 1.63. The van der Waals surface area contributed by atoms with Crippen molar-refractivity contribution in [1.82, 2.24) is 0 Å². The molecule has 0 fully saturated rings. The summed E-state index contributed by atoms with van der Waals surface area (Å²) in [6.07, 6.45) is 10.7. The first-order valence-electron chi connectivity index (χ1n) is 12.8. The summed E-state index contributed by atoms with van der Waals surface area (Å²) in [5, 5.41) is 0. The number of halogens is 2. The van der Waals surface area contributed by atoms with E-state index in [-0.39, 0.29) is 5.56 Å². The van der Waals surface area contributed by atoms with E-state index in [0.717, 1.165) is 36.8 Å². The minimum atomic E-state index is -0.694. The molecule has 3 aromatic rings. The van der Waals surface area contributed by atoms with Gasteiger partial charge in [-0.15, -0.1) is 0 Å². The first kappa shape index (κ1) is 26.2. The molecule has 0 aliphatic heterocycles. The summed E-state index contributed by atoms with van der Waals surface area (Å²) in [4.78, 5) is 0. The van der Waals surface area contributed by atoms with Crippen LogP contribution in [0.15, 0.2) is 60.7 Å². The molecule has 35 heavy (non-hydrogen) atoms. The molecule has 0 aliphatic carbocycles. The fourth-order valence-electron chi connectivity index (χ4n) is 3.87. The second-order valence-electron chi connectivity index (χ2n) is 8.98. The monoisotopic (exact) mass is 468 g/mol. The lowest BCUT2D eigenvalue weighted by Crippen LogP contribution is -1.93. The summed E-state index contributed by atoms with van der Waals surface area (Å²) >= 11 is 0. The molecule has 0 atom stereocenters. The van der Waals surface area contributed by atoms with Crippen molar-refractivity contribution in [3.63, 3.8) is 0 Å². The van der Waals surface area contributed by atoms with Gasteiger partial charge in [0.15, 0.2) is 0 Å². The van der Waals surface area contributed by atoms with Gasteiger partial charge in [-0.3, -0.25) is 0 Å². The Morgan fingerprint density at radius 1 is 0.514 bits per heavy atom. The van der Waals surface area contributed by atoms with Crippen molar-refractivity contribution in [3.8, 4) is 23.7 Å². The maximum atomic E-state index is 14.6. The third-order valence-electron chi connectivity index (χ3n) is 6.02. The van der Waals surface area contributed by atoms with Crippen molar-refractivity contribution in [3.05, 3.63) is 106 Å². The predicted molar refractivity (Wildman–Crippen MR) is 142 cm³/mol. The van der Waals surface area contributed by atoms with Gasteiger partial charge in [-0.05, 0) is 73.2 Å². The van der Waals surface area contributed by atoms with Gasteiger partial charge in [-0.1, -0.05) is 93.9 Å². The first-order valence-corrected chi connectivity index (χ1v) is 12.8. The summed E-state index contributed by atoms with van der Waals surface area (Å²) < 4.78 is 29.2. The van der Waals surface area contributed by atoms with Gasteiger partial charge in [0, 0.05) is 16.7 Å². The largest absolute Gasteiger partial charge is 0.205 e. The molecule has 0 nitrogen and oxygen atoms in total. The molecule has 180 valence electrons. The summed E-state index contributed by atoms with van der Waals surface area (Å²) in [5.41, 5.74) is 4.17. The quantitative estimate of drug-likeness (QED) is 0.218. The number of hydrogen-bond donors (Lipinski definition) is 0. The molecule has 0 unspecified atom stereocenters. The third kappa shape index (κ3) is 8.73. The summed E-state index contributed by atoms with van der Waals surface area (Å²) in [5.74, 6) is 10.0. The van der Waals surface area contributed by atoms with E-state index in [9.17, 15) is 8.78 Å². The lowest BCUT2D eigenvalue weighted by atomic mass is 10.0. The molecule has 0 saturated carbocycles. The Morgan fingerprint density at radius 3 is 1.51 bits per heavy atom. The summed E-state index contributed by atoms with van der Waals surface area (Å²) in [6, 6.07) is 18.4. The van der Waals surface area contributed by atoms with Gasteiger partial charge in [0.05, 0.1) is 5.56 Å². The van der Waals surface area contributed by atoms with E-state index in [1.807, 2.05) is 36.4 Å². The van der Waals surface area contributed by atoms with E-state index in [0.29, 0.717) is 5.56 Å². The van der Waals surface area contributed by atoms with Gasteiger partial charge in [-0.2, -0.15) is 0 Å². The van der Waals surface area contributed by atoms with Crippen LogP contribution >= 0.6 is 0 Å². The van der Waals surface area contributed by atoms with Crippen LogP contribution in [-0.2, 0) is 12.8 Å². The van der Waals surface area contributed by atoms with Crippen molar-refractivity contribution in [1.29, 1.82) is 0 Å². The Kier molecular flexibility index (Phi) is 10.6. The topological polar surface area (TPSA) is 0 Å². The average Bonchev–Trinajstić information content (AvgIpc) is 2.87. The van der Waals surface area contributed by atoms with Crippen LogP contribution in [0.5, 0.6) is 0 Å². The van der Waals surface area contributed by atoms with Crippen molar-refractivity contribution >= 4 is 0 Å². The van der Waals surface area contributed by atoms with Crippen LogP contribution in [0.4, 0.5) is 8.78 Å². The number of rotatable bonds is 9. The molecule has 0 saturated heterocycles. The van der Waals surface area contributed by atoms with Crippen LogP contribution in [0.2, 0.25) is 0 Å². The molecule has 0 aliphatic rings. The van der Waals surface area contributed by atoms with E-state index in [1.165, 1.54) is 55.4 Å². The van der Waals surface area contributed by atoms with Gasteiger partial charge in [0.1, 0.15) is 11.6 Å². The number of hydrogen-bond acceptors (Lipinski definition) is 0. The standard InChI is InChI=1S/C33H34F2/c1-3-5-7-8-9-11-27-14-18-29(19-15-27)22-23-31-32(34)24-30(25-33(31)35)21-20-28-16-12-26(13-17-28)10-6-4-2/h12-19,24-25H,3-11H2,1-2H3. The van der Waals surface area contributed by atoms with Crippen LogP contribution < -0.4 is 0 Å². The smallest absolute Gasteiger partial charge is 0.143 e. The van der Waals surface area contributed by atoms with Crippen molar-refractivity contribution in [2.75, 3.05) is 0 Å². The third-order valence-corrected chi connectivity index (χ3v) is 6.02. The second kappa shape index (κ2) is 14.1. The van der Waals surface area contributed by atoms with Crippen LogP contribution in [0.25, 0.3) is 0 Å². The fraction of sp³-hybridized carbons (Fsp3) is 0.333. The van der Waals surface area contributed by atoms with Gasteiger partial charge in [-0.25, -0.2) is 8.78 Å². The van der Waals surface area contributed by atoms with E-state index >= 15 is 0 Å². The zero-order valence-corrected chi connectivity index (χ0v) is 20.9. The lowest BCUT2D eigenvalue weighted by Gasteiger charge is -2.02. The zero-order chi connectivity index (χ0) is 24.9. The van der Waals surface area contributed by atoms with Crippen LogP contribution in [-0.4, -0.2) is 0 Å². The molecular formula is C33H34F2. The normalized spacial score (nSPS) is 10.3. The molecule has 0 aromatic heterocycles. The van der Waals surface area contributed by atoms with Gasteiger partial charge < -0.3 is 0 Å².